The van der Waals surface area contributed by atoms with Crippen LogP contribution >= 0.6 is 0 Å². The molecule has 5 heteroatoms. The van der Waals surface area contributed by atoms with Gasteiger partial charge in [-0.15, -0.1) is 0 Å². The fraction of sp³-hybridized carbons (Fsp3) is 0.761. The molecule has 0 aromatic heterocycles. The first-order chi connectivity index (χ1) is 35.6. The molecule has 0 bridgehead atoms. The van der Waals surface area contributed by atoms with Crippen LogP contribution in [0.4, 0.5) is 0 Å². The van der Waals surface area contributed by atoms with E-state index in [2.05, 4.69) is 106 Å². The number of allylic oxidation sites excluding steroid dienone is 14. The Morgan fingerprint density at radius 3 is 1.03 bits per heavy atom. The van der Waals surface area contributed by atoms with Crippen molar-refractivity contribution in [3.8, 4) is 0 Å². The highest BCUT2D eigenvalue weighted by Gasteiger charge is 2.17. The van der Waals surface area contributed by atoms with Gasteiger partial charge < -0.3 is 14.2 Å². The minimum Gasteiger partial charge on any atom is -0.462 e. The van der Waals surface area contributed by atoms with Gasteiger partial charge in [-0.1, -0.05) is 279 Å². The number of hydrogen-bond donors (Lipinski definition) is 0. The second-order valence-corrected chi connectivity index (χ2v) is 20.6. The second-order valence-electron chi connectivity index (χ2n) is 20.6. The normalized spacial score (nSPS) is 12.8. The zero-order valence-corrected chi connectivity index (χ0v) is 47.9. The molecule has 0 spiro atoms. The summed E-state index contributed by atoms with van der Waals surface area (Å²) in [6, 6.07) is 0. The first-order valence-corrected chi connectivity index (χ1v) is 31.1. The maximum Gasteiger partial charge on any atom is 0.306 e. The molecule has 1 unspecified atom stereocenters. The van der Waals surface area contributed by atoms with Crippen LogP contribution in [0, 0.1) is 0 Å². The second kappa shape index (κ2) is 62.4. The summed E-state index contributed by atoms with van der Waals surface area (Å²) in [5.74, 6) is -0.405. The summed E-state index contributed by atoms with van der Waals surface area (Å²) < 4.78 is 17.5. The van der Waals surface area contributed by atoms with Crippen LogP contribution in [0.2, 0.25) is 0 Å². The third-order valence-electron chi connectivity index (χ3n) is 13.4. The lowest BCUT2D eigenvalue weighted by Crippen LogP contribution is -2.30. The van der Waals surface area contributed by atoms with E-state index in [1.54, 1.807) is 0 Å². The molecule has 0 aromatic carbocycles. The Hall–Kier alpha value is -2.92. The van der Waals surface area contributed by atoms with E-state index < -0.39 is 6.10 Å². The summed E-state index contributed by atoms with van der Waals surface area (Å²) in [4.78, 5) is 25.6. The smallest absolute Gasteiger partial charge is 0.306 e. The van der Waals surface area contributed by atoms with Crippen molar-refractivity contribution in [1.29, 1.82) is 0 Å². The standard InChI is InChI=1S/C67H118O5/c1-4-7-10-13-16-19-22-25-28-31-33-35-38-41-44-47-50-53-56-59-62-70-63-65(72-67(69)61-58-55-52-49-46-43-40-36-30-27-24-21-18-15-12-9-6-3)64-71-66(68)60-57-54-51-48-45-42-39-37-34-32-29-26-23-20-17-14-11-8-5-2/h7,10,16-17,19-20,25-26,28-29,33,35,41,44,65H,4-6,8-9,11-15,18,21-24,27,30-32,34,36-40,42-43,45-64H2,1-3H3/b10-7-,19-16-,20-17-,28-25-,29-26-,35-33-,44-41-. The highest BCUT2D eigenvalue weighted by Crippen LogP contribution is 2.16. The SMILES string of the molecule is CC/C=C\C/C=C\C/C=C\C/C=C\C/C=C\CCCCCCOCC(COC(=O)CCCCCCCCCCC/C=C\C/C=C\CCCCC)OC(=O)CCCCCCCCCCCCCCCCCCC. The van der Waals surface area contributed by atoms with Gasteiger partial charge in [-0.05, 0) is 96.3 Å². The zero-order valence-electron chi connectivity index (χ0n) is 47.9. The van der Waals surface area contributed by atoms with E-state index in [1.807, 2.05) is 0 Å². The fourth-order valence-electron chi connectivity index (χ4n) is 8.80. The zero-order chi connectivity index (χ0) is 52.0. The van der Waals surface area contributed by atoms with Gasteiger partial charge in [0.2, 0.25) is 0 Å². The highest BCUT2D eigenvalue weighted by molar-refractivity contribution is 5.70. The van der Waals surface area contributed by atoms with Gasteiger partial charge in [0, 0.05) is 19.4 Å². The number of unbranched alkanes of at least 4 members (excludes halogenated alkanes) is 32. The lowest BCUT2D eigenvalue weighted by atomic mass is 10.0. The van der Waals surface area contributed by atoms with Gasteiger partial charge in [-0.25, -0.2) is 0 Å². The van der Waals surface area contributed by atoms with E-state index in [9.17, 15) is 9.59 Å². The predicted octanol–water partition coefficient (Wildman–Crippen LogP) is 21.6. The monoisotopic (exact) mass is 1000 g/mol. The molecule has 0 saturated heterocycles. The van der Waals surface area contributed by atoms with Crippen LogP contribution in [-0.4, -0.2) is 37.9 Å². The van der Waals surface area contributed by atoms with Crippen molar-refractivity contribution in [3.05, 3.63) is 85.1 Å². The number of hydrogen-bond acceptors (Lipinski definition) is 5. The quantitative estimate of drug-likeness (QED) is 0.0345. The predicted molar refractivity (Wildman–Crippen MR) is 316 cm³/mol. The van der Waals surface area contributed by atoms with Gasteiger partial charge in [0.25, 0.3) is 0 Å². The molecule has 0 aliphatic carbocycles. The van der Waals surface area contributed by atoms with Gasteiger partial charge in [0.1, 0.15) is 6.61 Å². The van der Waals surface area contributed by atoms with Gasteiger partial charge >= 0.3 is 11.9 Å². The number of esters is 2. The third kappa shape index (κ3) is 59.6. The van der Waals surface area contributed by atoms with Crippen LogP contribution in [0.1, 0.15) is 303 Å². The van der Waals surface area contributed by atoms with Crippen molar-refractivity contribution >= 4 is 11.9 Å². The lowest BCUT2D eigenvalue weighted by Gasteiger charge is -2.18. The van der Waals surface area contributed by atoms with E-state index >= 15 is 0 Å². The molecule has 0 amide bonds. The minimum atomic E-state index is -0.555. The van der Waals surface area contributed by atoms with Crippen molar-refractivity contribution in [3.63, 3.8) is 0 Å². The first kappa shape index (κ1) is 69.1. The Kier molecular flexibility index (Phi) is 59.8. The van der Waals surface area contributed by atoms with E-state index in [0.717, 1.165) is 83.5 Å². The van der Waals surface area contributed by atoms with Crippen LogP contribution in [0.25, 0.3) is 0 Å². The molecular weight excluding hydrogens is 885 g/mol. The Balaban J connectivity index is 4.32. The molecule has 0 aromatic rings. The topological polar surface area (TPSA) is 61.8 Å². The number of rotatable bonds is 57. The van der Waals surface area contributed by atoms with Gasteiger partial charge in [0.15, 0.2) is 6.10 Å². The summed E-state index contributed by atoms with van der Waals surface area (Å²) in [5.41, 5.74) is 0. The molecule has 0 heterocycles. The van der Waals surface area contributed by atoms with Crippen molar-refractivity contribution in [2.45, 2.75) is 309 Å². The summed E-state index contributed by atoms with van der Waals surface area (Å²) in [6.07, 6.45) is 83.3. The Morgan fingerprint density at radius 1 is 0.319 bits per heavy atom. The van der Waals surface area contributed by atoms with E-state index in [1.165, 1.54) is 186 Å². The molecule has 72 heavy (non-hydrogen) atoms. The van der Waals surface area contributed by atoms with Crippen LogP contribution in [0.5, 0.6) is 0 Å². The molecule has 0 fully saturated rings. The third-order valence-corrected chi connectivity index (χ3v) is 13.4. The van der Waals surface area contributed by atoms with Crippen LogP contribution in [-0.2, 0) is 23.8 Å². The molecule has 1 atom stereocenters. The van der Waals surface area contributed by atoms with Crippen molar-refractivity contribution in [1.82, 2.24) is 0 Å². The molecule has 5 nitrogen and oxygen atoms in total. The maximum absolute atomic E-state index is 12.9. The molecule has 0 rings (SSSR count). The summed E-state index contributed by atoms with van der Waals surface area (Å²) in [6.45, 7) is 7.67. The molecule has 0 N–H and O–H groups in total. The average Bonchev–Trinajstić information content (AvgIpc) is 3.38. The number of carbonyl (C=O) groups excluding carboxylic acids is 2. The van der Waals surface area contributed by atoms with Crippen LogP contribution in [0.3, 0.4) is 0 Å². The number of ether oxygens (including phenoxy) is 3. The molecule has 0 aliphatic heterocycles. The molecule has 416 valence electrons. The first-order valence-electron chi connectivity index (χ1n) is 31.1. The Labute approximate surface area is 448 Å². The minimum absolute atomic E-state index is 0.0723. The molecule has 0 saturated carbocycles. The van der Waals surface area contributed by atoms with E-state index in [-0.39, 0.29) is 25.2 Å². The largest absolute Gasteiger partial charge is 0.462 e. The summed E-state index contributed by atoms with van der Waals surface area (Å²) >= 11 is 0. The van der Waals surface area contributed by atoms with E-state index in [0.29, 0.717) is 19.4 Å². The molecule has 0 radical (unpaired) electrons. The van der Waals surface area contributed by atoms with Gasteiger partial charge in [-0.3, -0.25) is 9.59 Å². The van der Waals surface area contributed by atoms with Crippen molar-refractivity contribution < 1.29 is 23.8 Å². The summed E-state index contributed by atoms with van der Waals surface area (Å²) in [5, 5.41) is 0. The molecular formula is C67H118O5. The van der Waals surface area contributed by atoms with Gasteiger partial charge in [0.05, 0.1) is 6.61 Å². The molecule has 0 aliphatic rings. The fourth-order valence-corrected chi connectivity index (χ4v) is 8.80. The van der Waals surface area contributed by atoms with Gasteiger partial charge in [-0.2, -0.15) is 0 Å². The van der Waals surface area contributed by atoms with Crippen molar-refractivity contribution in [2.24, 2.45) is 0 Å². The lowest BCUT2D eigenvalue weighted by molar-refractivity contribution is -0.163. The van der Waals surface area contributed by atoms with Crippen LogP contribution < -0.4 is 0 Å². The van der Waals surface area contributed by atoms with Crippen molar-refractivity contribution in [2.75, 3.05) is 19.8 Å². The maximum atomic E-state index is 12.9. The van der Waals surface area contributed by atoms with Crippen LogP contribution in [0.15, 0.2) is 85.1 Å². The number of carbonyl (C=O) groups is 2. The Bertz CT molecular complexity index is 1320. The Morgan fingerprint density at radius 2 is 0.625 bits per heavy atom. The average molecular weight is 1000 g/mol. The summed E-state index contributed by atoms with van der Waals surface area (Å²) in [7, 11) is 0. The van der Waals surface area contributed by atoms with E-state index in [4.69, 9.17) is 14.2 Å². The highest BCUT2D eigenvalue weighted by atomic mass is 16.6.